The second-order valence-electron chi connectivity index (χ2n) is 10.3. The fourth-order valence-electron chi connectivity index (χ4n) is 5.41. The highest BCUT2D eigenvalue weighted by Gasteiger charge is 2.77. The van der Waals surface area contributed by atoms with Crippen LogP contribution in [-0.2, 0) is 19.0 Å². The standard InChI is InChI=1S/C21H36N2O4/c1-15-20(12-21(15,13-20)18(24)22-8-16(9-22)25-5)14-26-6-7-27-17-10-23(11-17)19(2,3)4/h15-17H,6-14H2,1-5H3/t15-,20?,21?/m1/s1. The highest BCUT2D eigenvalue weighted by atomic mass is 16.5. The lowest BCUT2D eigenvalue weighted by Gasteiger charge is -2.75. The molecule has 0 aromatic heterocycles. The van der Waals surface area contributed by atoms with Crippen molar-refractivity contribution in [3.8, 4) is 0 Å². The molecule has 154 valence electrons. The number of methoxy groups -OCH3 is 1. The summed E-state index contributed by atoms with van der Waals surface area (Å²) < 4.78 is 17.1. The Morgan fingerprint density at radius 1 is 1.07 bits per heavy atom. The van der Waals surface area contributed by atoms with E-state index in [9.17, 15) is 4.79 Å². The van der Waals surface area contributed by atoms with E-state index in [1.807, 2.05) is 4.90 Å². The first kappa shape index (κ1) is 19.6. The minimum absolute atomic E-state index is 0.0963. The Bertz CT molecular complexity index is 569. The number of amides is 1. The van der Waals surface area contributed by atoms with Gasteiger partial charge in [0, 0.05) is 38.8 Å². The number of likely N-dealkylation sites (tertiary alicyclic amines) is 2. The molecule has 0 aromatic carbocycles. The maximum absolute atomic E-state index is 12.8. The Balaban J connectivity index is 1.10. The van der Waals surface area contributed by atoms with E-state index in [-0.39, 0.29) is 22.5 Å². The summed E-state index contributed by atoms with van der Waals surface area (Å²) >= 11 is 0. The normalized spacial score (nSPS) is 36.6. The topological polar surface area (TPSA) is 51.2 Å². The maximum atomic E-state index is 12.8. The summed E-state index contributed by atoms with van der Waals surface area (Å²) in [6.45, 7) is 14.6. The van der Waals surface area contributed by atoms with Crippen molar-refractivity contribution in [2.75, 3.05) is 53.1 Å². The molecule has 5 rings (SSSR count). The molecule has 0 radical (unpaired) electrons. The van der Waals surface area contributed by atoms with Gasteiger partial charge >= 0.3 is 0 Å². The molecule has 5 aliphatic rings. The monoisotopic (exact) mass is 380 g/mol. The van der Waals surface area contributed by atoms with E-state index >= 15 is 0 Å². The van der Waals surface area contributed by atoms with Crippen molar-refractivity contribution in [3.05, 3.63) is 0 Å². The van der Waals surface area contributed by atoms with Gasteiger partial charge in [-0.3, -0.25) is 9.69 Å². The molecular weight excluding hydrogens is 344 g/mol. The smallest absolute Gasteiger partial charge is 0.229 e. The quantitative estimate of drug-likeness (QED) is 0.601. The average molecular weight is 381 g/mol. The van der Waals surface area contributed by atoms with Crippen LogP contribution in [0.3, 0.4) is 0 Å². The molecule has 5 fully saturated rings. The Hall–Kier alpha value is -0.690. The Kier molecular flexibility index (Phi) is 4.86. The lowest BCUT2D eigenvalue weighted by molar-refractivity contribution is -0.284. The van der Waals surface area contributed by atoms with E-state index in [0.29, 0.717) is 31.1 Å². The summed E-state index contributed by atoms with van der Waals surface area (Å²) in [5, 5.41) is 0. The van der Waals surface area contributed by atoms with Gasteiger partial charge in [0.25, 0.3) is 0 Å². The van der Waals surface area contributed by atoms with Gasteiger partial charge in [-0.2, -0.15) is 0 Å². The fourth-order valence-corrected chi connectivity index (χ4v) is 5.41. The van der Waals surface area contributed by atoms with Crippen LogP contribution in [-0.4, -0.2) is 86.6 Å². The number of carbonyl (C=O) groups is 1. The van der Waals surface area contributed by atoms with Crippen LogP contribution >= 0.6 is 0 Å². The summed E-state index contributed by atoms with van der Waals surface area (Å²) in [5.41, 5.74) is 0.381. The molecule has 0 aromatic rings. The van der Waals surface area contributed by atoms with E-state index < -0.39 is 0 Å². The number of hydrogen-bond acceptors (Lipinski definition) is 5. The van der Waals surface area contributed by atoms with Crippen LogP contribution in [0.2, 0.25) is 0 Å². The predicted molar refractivity (Wildman–Crippen MR) is 103 cm³/mol. The summed E-state index contributed by atoms with van der Waals surface area (Å²) in [6.07, 6.45) is 2.59. The van der Waals surface area contributed by atoms with E-state index in [1.54, 1.807) is 7.11 Å². The van der Waals surface area contributed by atoms with E-state index in [0.717, 1.165) is 45.6 Å². The van der Waals surface area contributed by atoms with Crippen LogP contribution in [0.15, 0.2) is 0 Å². The molecule has 2 aliphatic heterocycles. The van der Waals surface area contributed by atoms with Crippen molar-refractivity contribution >= 4 is 5.91 Å². The zero-order chi connectivity index (χ0) is 19.4. The Morgan fingerprint density at radius 3 is 2.30 bits per heavy atom. The SMILES string of the molecule is COC1CN(C(=O)C23CC(COCCOC4CN(C(C)(C)C)C4)(C2)[C@H]3C)C1. The first-order chi connectivity index (χ1) is 12.7. The molecule has 6 nitrogen and oxygen atoms in total. The zero-order valence-corrected chi connectivity index (χ0v) is 17.6. The van der Waals surface area contributed by atoms with Gasteiger partial charge in [0.15, 0.2) is 0 Å². The third-order valence-electron chi connectivity index (χ3n) is 7.74. The van der Waals surface area contributed by atoms with E-state index in [2.05, 4.69) is 32.6 Å². The lowest BCUT2D eigenvalue weighted by Crippen LogP contribution is -2.77. The minimum atomic E-state index is -0.0963. The van der Waals surface area contributed by atoms with Gasteiger partial charge in [-0.1, -0.05) is 6.92 Å². The first-order valence-corrected chi connectivity index (χ1v) is 10.5. The molecule has 27 heavy (non-hydrogen) atoms. The Labute approximate surface area is 163 Å². The molecule has 2 heterocycles. The zero-order valence-electron chi connectivity index (χ0n) is 17.6. The summed E-state index contributed by atoms with van der Waals surface area (Å²) in [6, 6.07) is 0. The van der Waals surface area contributed by atoms with Crippen molar-refractivity contribution in [1.29, 1.82) is 0 Å². The number of hydrogen-bond donors (Lipinski definition) is 0. The molecule has 3 aliphatic carbocycles. The second kappa shape index (κ2) is 6.68. The third kappa shape index (κ3) is 3.13. The maximum Gasteiger partial charge on any atom is 0.229 e. The Morgan fingerprint density at radius 2 is 1.74 bits per heavy atom. The molecule has 0 N–H and O–H groups in total. The van der Waals surface area contributed by atoms with Gasteiger partial charge in [0.05, 0.1) is 37.4 Å². The molecule has 1 atom stereocenters. The second-order valence-corrected chi connectivity index (χ2v) is 10.3. The van der Waals surface area contributed by atoms with Crippen LogP contribution in [0.1, 0.15) is 40.5 Å². The van der Waals surface area contributed by atoms with Crippen molar-refractivity contribution in [2.45, 2.75) is 58.3 Å². The van der Waals surface area contributed by atoms with Gasteiger partial charge in [0.2, 0.25) is 5.91 Å². The summed E-state index contributed by atoms with van der Waals surface area (Å²) in [4.78, 5) is 17.2. The lowest BCUT2D eigenvalue weighted by atomic mass is 9.29. The molecule has 2 saturated heterocycles. The number of nitrogens with zero attached hydrogens (tertiary/aromatic N) is 2. The molecule has 2 bridgehead atoms. The van der Waals surface area contributed by atoms with Crippen molar-refractivity contribution < 1.29 is 19.0 Å². The van der Waals surface area contributed by atoms with E-state index in [4.69, 9.17) is 14.2 Å². The van der Waals surface area contributed by atoms with Gasteiger partial charge in [-0.15, -0.1) is 0 Å². The van der Waals surface area contributed by atoms with E-state index in [1.165, 1.54) is 0 Å². The van der Waals surface area contributed by atoms with Gasteiger partial charge in [-0.05, 0) is 44.9 Å². The molecule has 1 amide bonds. The van der Waals surface area contributed by atoms with Gasteiger partial charge in [0.1, 0.15) is 0 Å². The van der Waals surface area contributed by atoms with Crippen molar-refractivity contribution in [2.24, 2.45) is 16.7 Å². The highest BCUT2D eigenvalue weighted by Crippen LogP contribution is 2.77. The summed E-state index contributed by atoms with van der Waals surface area (Å²) in [5.74, 6) is 0.786. The molecule has 0 unspecified atom stereocenters. The third-order valence-corrected chi connectivity index (χ3v) is 7.74. The summed E-state index contributed by atoms with van der Waals surface area (Å²) in [7, 11) is 1.72. The highest BCUT2D eigenvalue weighted by molar-refractivity contribution is 5.87. The molecule has 6 heteroatoms. The number of rotatable bonds is 8. The average Bonchev–Trinajstić information content (AvgIpc) is 2.48. The van der Waals surface area contributed by atoms with Crippen LogP contribution in [0.4, 0.5) is 0 Å². The first-order valence-electron chi connectivity index (χ1n) is 10.5. The van der Waals surface area contributed by atoms with Crippen LogP contribution in [0.5, 0.6) is 0 Å². The van der Waals surface area contributed by atoms with Crippen LogP contribution < -0.4 is 0 Å². The number of ether oxygens (including phenoxy) is 3. The van der Waals surface area contributed by atoms with Gasteiger partial charge < -0.3 is 19.1 Å². The fraction of sp³-hybridized carbons (Fsp3) is 0.952. The van der Waals surface area contributed by atoms with Crippen LogP contribution in [0, 0.1) is 16.7 Å². The molecule has 3 saturated carbocycles. The van der Waals surface area contributed by atoms with Crippen molar-refractivity contribution in [1.82, 2.24) is 9.80 Å². The predicted octanol–water partition coefficient (Wildman–Crippen LogP) is 1.78. The largest absolute Gasteiger partial charge is 0.378 e. The molecular formula is C21H36N2O4. The van der Waals surface area contributed by atoms with Crippen LogP contribution in [0.25, 0.3) is 0 Å². The molecule has 0 spiro atoms. The number of carbonyl (C=O) groups excluding carboxylic acids is 1. The van der Waals surface area contributed by atoms with Crippen molar-refractivity contribution in [3.63, 3.8) is 0 Å². The van der Waals surface area contributed by atoms with Gasteiger partial charge in [-0.25, -0.2) is 0 Å². The minimum Gasteiger partial charge on any atom is -0.378 e.